The molecule has 13 heavy (non-hydrogen) atoms. The summed E-state index contributed by atoms with van der Waals surface area (Å²) in [6.45, 7) is -0.319. The largest absolute Gasteiger partial charge is 0.508 e. The molecule has 0 radical (unpaired) electrons. The third kappa shape index (κ3) is 2.19. The maximum absolute atomic E-state index is 10.8. The molecule has 0 aliphatic heterocycles. The number of phenolic OH excluding ortho intramolecular Hbond substituents is 1. The molecule has 4 heteroatoms. The smallest absolute Gasteiger partial charge is 0.227 e. The molecule has 1 unspecified atom stereocenters. The van der Waals surface area contributed by atoms with E-state index in [1.807, 2.05) is 0 Å². The zero-order chi connectivity index (χ0) is 9.84. The Morgan fingerprint density at radius 1 is 1.38 bits per heavy atom. The lowest BCUT2D eigenvalue weighted by Crippen LogP contribution is -2.24. The maximum Gasteiger partial charge on any atom is 0.227 e. The molecule has 1 amide bonds. The Labute approximate surface area is 75.6 Å². The summed E-state index contributed by atoms with van der Waals surface area (Å²) < 4.78 is 0. The zero-order valence-electron chi connectivity index (χ0n) is 6.97. The van der Waals surface area contributed by atoms with Crippen LogP contribution >= 0.6 is 0 Å². The van der Waals surface area contributed by atoms with Crippen molar-refractivity contribution in [3.8, 4) is 5.75 Å². The van der Waals surface area contributed by atoms with Crippen molar-refractivity contribution in [3.05, 3.63) is 29.8 Å². The van der Waals surface area contributed by atoms with Crippen molar-refractivity contribution >= 4 is 5.91 Å². The molecule has 1 atom stereocenters. The third-order valence-electron chi connectivity index (χ3n) is 1.82. The van der Waals surface area contributed by atoms with E-state index < -0.39 is 11.8 Å². The average Bonchev–Trinajstić information content (AvgIpc) is 2.09. The predicted octanol–water partition coefficient (Wildman–Crippen LogP) is -0.0466. The lowest BCUT2D eigenvalue weighted by molar-refractivity contribution is -0.120. The molecule has 0 spiro atoms. The monoisotopic (exact) mass is 181 g/mol. The summed E-state index contributed by atoms with van der Waals surface area (Å²) in [5.41, 5.74) is 5.66. The van der Waals surface area contributed by atoms with Gasteiger partial charge in [-0.05, 0) is 17.7 Å². The lowest BCUT2D eigenvalue weighted by atomic mass is 9.99. The summed E-state index contributed by atoms with van der Waals surface area (Å²) in [5, 5.41) is 17.8. The topological polar surface area (TPSA) is 83.6 Å². The molecule has 0 aromatic heterocycles. The SMILES string of the molecule is NC(=O)C(CO)c1ccc(O)cc1. The second kappa shape index (κ2) is 3.91. The van der Waals surface area contributed by atoms with Crippen LogP contribution in [0.4, 0.5) is 0 Å². The molecule has 0 saturated heterocycles. The summed E-state index contributed by atoms with van der Waals surface area (Å²) in [6, 6.07) is 6.00. The van der Waals surface area contributed by atoms with Gasteiger partial charge in [0.05, 0.1) is 12.5 Å². The number of nitrogens with two attached hydrogens (primary N) is 1. The third-order valence-corrected chi connectivity index (χ3v) is 1.82. The quantitative estimate of drug-likeness (QED) is 0.611. The molecule has 0 fully saturated rings. The van der Waals surface area contributed by atoms with Gasteiger partial charge in [0.1, 0.15) is 5.75 Å². The fraction of sp³-hybridized carbons (Fsp3) is 0.222. The van der Waals surface area contributed by atoms with Crippen LogP contribution in [0.15, 0.2) is 24.3 Å². The van der Waals surface area contributed by atoms with Crippen molar-refractivity contribution in [2.75, 3.05) is 6.61 Å². The molecule has 0 aliphatic rings. The van der Waals surface area contributed by atoms with Crippen LogP contribution in [0.1, 0.15) is 11.5 Å². The van der Waals surface area contributed by atoms with Crippen LogP contribution in [0.2, 0.25) is 0 Å². The van der Waals surface area contributed by atoms with Gasteiger partial charge >= 0.3 is 0 Å². The highest BCUT2D eigenvalue weighted by atomic mass is 16.3. The number of hydrogen-bond donors (Lipinski definition) is 3. The molecule has 1 rings (SSSR count). The fourth-order valence-electron chi connectivity index (χ4n) is 1.07. The average molecular weight is 181 g/mol. The van der Waals surface area contributed by atoms with Gasteiger partial charge in [0.25, 0.3) is 0 Å². The number of aromatic hydroxyl groups is 1. The number of phenols is 1. The number of aliphatic hydroxyl groups is 1. The number of primary amides is 1. The number of carbonyl (C=O) groups is 1. The number of aliphatic hydroxyl groups excluding tert-OH is 1. The van der Waals surface area contributed by atoms with Crippen LogP contribution in [-0.2, 0) is 4.79 Å². The van der Waals surface area contributed by atoms with E-state index in [0.29, 0.717) is 5.56 Å². The minimum Gasteiger partial charge on any atom is -0.508 e. The molecular formula is C9H11NO3. The summed E-state index contributed by atoms with van der Waals surface area (Å²) >= 11 is 0. The normalized spacial score (nSPS) is 12.4. The number of benzene rings is 1. The Kier molecular flexibility index (Phi) is 2.87. The first-order valence-electron chi connectivity index (χ1n) is 3.84. The highest BCUT2D eigenvalue weighted by Gasteiger charge is 2.15. The second-order valence-corrected chi connectivity index (χ2v) is 2.73. The molecule has 1 aromatic carbocycles. The lowest BCUT2D eigenvalue weighted by Gasteiger charge is -2.09. The van der Waals surface area contributed by atoms with Crippen LogP contribution in [0.3, 0.4) is 0 Å². The molecule has 0 bridgehead atoms. The molecule has 1 aromatic rings. The van der Waals surface area contributed by atoms with E-state index in [-0.39, 0.29) is 12.4 Å². The van der Waals surface area contributed by atoms with Crippen LogP contribution in [0.25, 0.3) is 0 Å². The first-order chi connectivity index (χ1) is 6.15. The van der Waals surface area contributed by atoms with E-state index in [1.54, 1.807) is 12.1 Å². The molecule has 4 nitrogen and oxygen atoms in total. The number of amides is 1. The van der Waals surface area contributed by atoms with Gasteiger partial charge in [0.2, 0.25) is 5.91 Å². The number of carbonyl (C=O) groups excluding carboxylic acids is 1. The molecule has 0 heterocycles. The first-order valence-corrected chi connectivity index (χ1v) is 3.84. The molecular weight excluding hydrogens is 170 g/mol. The molecule has 4 N–H and O–H groups in total. The Hall–Kier alpha value is -1.55. The maximum atomic E-state index is 10.8. The number of hydrogen-bond acceptors (Lipinski definition) is 3. The van der Waals surface area contributed by atoms with Gasteiger partial charge in [-0.3, -0.25) is 4.79 Å². The van der Waals surface area contributed by atoms with Gasteiger partial charge in [-0.15, -0.1) is 0 Å². The van der Waals surface area contributed by atoms with Gasteiger partial charge in [-0.1, -0.05) is 12.1 Å². The fourth-order valence-corrected chi connectivity index (χ4v) is 1.07. The van der Waals surface area contributed by atoms with Crippen LogP contribution < -0.4 is 5.73 Å². The van der Waals surface area contributed by atoms with Crippen molar-refractivity contribution in [2.45, 2.75) is 5.92 Å². The van der Waals surface area contributed by atoms with Gasteiger partial charge in [-0.25, -0.2) is 0 Å². The Balaban J connectivity index is 2.92. The van der Waals surface area contributed by atoms with E-state index in [4.69, 9.17) is 15.9 Å². The summed E-state index contributed by atoms with van der Waals surface area (Å²) in [4.78, 5) is 10.8. The zero-order valence-corrected chi connectivity index (χ0v) is 6.97. The van der Waals surface area contributed by atoms with Crippen LogP contribution in [-0.4, -0.2) is 22.7 Å². The minimum atomic E-state index is -0.694. The summed E-state index contributed by atoms with van der Waals surface area (Å²) in [5.74, 6) is -1.15. The van der Waals surface area contributed by atoms with E-state index in [0.717, 1.165) is 0 Å². The van der Waals surface area contributed by atoms with Gasteiger partial charge < -0.3 is 15.9 Å². The predicted molar refractivity (Wildman–Crippen MR) is 47.1 cm³/mol. The summed E-state index contributed by atoms with van der Waals surface area (Å²) in [6.07, 6.45) is 0. The highest BCUT2D eigenvalue weighted by molar-refractivity contribution is 5.82. The van der Waals surface area contributed by atoms with Gasteiger partial charge in [0, 0.05) is 0 Å². The van der Waals surface area contributed by atoms with Crippen LogP contribution in [0.5, 0.6) is 5.75 Å². The van der Waals surface area contributed by atoms with E-state index in [1.165, 1.54) is 12.1 Å². The molecule has 0 saturated carbocycles. The standard InChI is InChI=1S/C9H11NO3/c10-9(13)8(5-11)6-1-3-7(12)4-2-6/h1-4,8,11-12H,5H2,(H2,10,13). The second-order valence-electron chi connectivity index (χ2n) is 2.73. The highest BCUT2D eigenvalue weighted by Crippen LogP contribution is 2.17. The molecule has 70 valence electrons. The molecule has 0 aliphatic carbocycles. The van der Waals surface area contributed by atoms with E-state index in [2.05, 4.69) is 0 Å². The minimum absolute atomic E-state index is 0.116. The van der Waals surface area contributed by atoms with Crippen molar-refractivity contribution in [3.63, 3.8) is 0 Å². The Bertz CT molecular complexity index is 294. The van der Waals surface area contributed by atoms with Crippen molar-refractivity contribution in [1.29, 1.82) is 0 Å². The first kappa shape index (κ1) is 9.54. The Morgan fingerprint density at radius 2 is 1.92 bits per heavy atom. The van der Waals surface area contributed by atoms with Crippen molar-refractivity contribution < 1.29 is 15.0 Å². The van der Waals surface area contributed by atoms with Crippen molar-refractivity contribution in [2.24, 2.45) is 5.73 Å². The van der Waals surface area contributed by atoms with Gasteiger partial charge in [-0.2, -0.15) is 0 Å². The van der Waals surface area contributed by atoms with Crippen LogP contribution in [0, 0.1) is 0 Å². The Morgan fingerprint density at radius 3 is 2.31 bits per heavy atom. The van der Waals surface area contributed by atoms with E-state index in [9.17, 15) is 4.79 Å². The van der Waals surface area contributed by atoms with E-state index >= 15 is 0 Å². The summed E-state index contributed by atoms with van der Waals surface area (Å²) in [7, 11) is 0. The van der Waals surface area contributed by atoms with Crippen molar-refractivity contribution in [1.82, 2.24) is 0 Å². The van der Waals surface area contributed by atoms with Gasteiger partial charge in [0.15, 0.2) is 0 Å². The number of rotatable bonds is 3.